The maximum Gasteiger partial charge on any atom is 0.260 e. The molecule has 2 aliphatic rings. The Morgan fingerprint density at radius 1 is 0.935 bits per heavy atom. The molecule has 156 valence electrons. The van der Waals surface area contributed by atoms with Crippen LogP contribution >= 0.6 is 0 Å². The highest BCUT2D eigenvalue weighted by molar-refractivity contribution is 6.16. The molecule has 3 aromatic rings. The predicted molar refractivity (Wildman–Crippen MR) is 115 cm³/mol. The summed E-state index contributed by atoms with van der Waals surface area (Å²) in [5.74, 6) is -0.438. The van der Waals surface area contributed by atoms with Crippen molar-refractivity contribution in [2.24, 2.45) is 7.05 Å². The third kappa shape index (κ3) is 3.09. The summed E-state index contributed by atoms with van der Waals surface area (Å²) < 4.78 is 1.95. The van der Waals surface area contributed by atoms with E-state index >= 15 is 0 Å². The van der Waals surface area contributed by atoms with Crippen molar-refractivity contribution in [3.8, 4) is 0 Å². The van der Waals surface area contributed by atoms with Crippen molar-refractivity contribution in [2.75, 3.05) is 11.4 Å². The molecule has 0 saturated carbocycles. The van der Waals surface area contributed by atoms with Crippen molar-refractivity contribution in [3.63, 3.8) is 0 Å². The third-order valence-corrected chi connectivity index (χ3v) is 5.98. The van der Waals surface area contributed by atoms with Gasteiger partial charge in [-0.3, -0.25) is 19.3 Å². The van der Waals surface area contributed by atoms with Crippen molar-refractivity contribution in [1.29, 1.82) is 0 Å². The van der Waals surface area contributed by atoms with Gasteiger partial charge in [0.05, 0.1) is 17.8 Å². The molecule has 1 atom stereocenters. The van der Waals surface area contributed by atoms with Gasteiger partial charge in [0.2, 0.25) is 5.91 Å². The third-order valence-electron chi connectivity index (χ3n) is 5.98. The summed E-state index contributed by atoms with van der Waals surface area (Å²) in [6, 6.07) is 18.4. The minimum absolute atomic E-state index is 0.126. The SMILES string of the molecule is Cn1cccc1CNC(=O)CCN1C(=O)c2ccccc2N2C(=O)c3ccccc3[C@H]12. The van der Waals surface area contributed by atoms with E-state index in [0.29, 0.717) is 23.4 Å². The molecule has 31 heavy (non-hydrogen) atoms. The van der Waals surface area contributed by atoms with Crippen molar-refractivity contribution >= 4 is 23.4 Å². The van der Waals surface area contributed by atoms with Crippen LogP contribution in [0.4, 0.5) is 5.69 Å². The first-order valence-electron chi connectivity index (χ1n) is 10.3. The van der Waals surface area contributed by atoms with Crippen molar-refractivity contribution < 1.29 is 14.4 Å². The van der Waals surface area contributed by atoms with Gasteiger partial charge in [-0.05, 0) is 30.3 Å². The molecular weight excluding hydrogens is 392 g/mol. The van der Waals surface area contributed by atoms with Crippen molar-refractivity contribution in [3.05, 3.63) is 89.2 Å². The fourth-order valence-electron chi connectivity index (χ4n) is 4.38. The lowest BCUT2D eigenvalue weighted by molar-refractivity contribution is -0.121. The number of carbonyl (C=O) groups is 3. The smallest absolute Gasteiger partial charge is 0.260 e. The molecule has 7 heteroatoms. The zero-order chi connectivity index (χ0) is 21.5. The van der Waals surface area contributed by atoms with E-state index in [4.69, 9.17) is 0 Å². The molecule has 7 nitrogen and oxygen atoms in total. The van der Waals surface area contributed by atoms with E-state index in [-0.39, 0.29) is 30.7 Å². The van der Waals surface area contributed by atoms with Crippen LogP contribution in [0.1, 0.15) is 44.6 Å². The number of fused-ring (bicyclic) bond motifs is 5. The summed E-state index contributed by atoms with van der Waals surface area (Å²) in [7, 11) is 1.93. The van der Waals surface area contributed by atoms with E-state index in [1.165, 1.54) is 0 Å². The van der Waals surface area contributed by atoms with Crippen LogP contribution in [0.5, 0.6) is 0 Å². The number of benzene rings is 2. The molecule has 0 fully saturated rings. The van der Waals surface area contributed by atoms with Gasteiger partial charge in [-0.25, -0.2) is 0 Å². The van der Waals surface area contributed by atoms with Gasteiger partial charge in [0.25, 0.3) is 11.8 Å². The molecule has 0 bridgehead atoms. The number of anilines is 1. The molecule has 0 saturated heterocycles. The number of hydrogen-bond acceptors (Lipinski definition) is 3. The van der Waals surface area contributed by atoms with E-state index in [2.05, 4.69) is 5.32 Å². The zero-order valence-corrected chi connectivity index (χ0v) is 17.1. The van der Waals surface area contributed by atoms with E-state index < -0.39 is 6.17 Å². The molecule has 0 spiro atoms. The number of nitrogens with one attached hydrogen (secondary N) is 1. The zero-order valence-electron chi connectivity index (χ0n) is 17.1. The Morgan fingerprint density at radius 2 is 1.68 bits per heavy atom. The highest BCUT2D eigenvalue weighted by Crippen LogP contribution is 2.45. The van der Waals surface area contributed by atoms with Crippen LogP contribution in [0, 0.1) is 0 Å². The lowest BCUT2D eigenvalue weighted by Crippen LogP contribution is -2.49. The van der Waals surface area contributed by atoms with Gasteiger partial charge >= 0.3 is 0 Å². The first-order chi connectivity index (χ1) is 15.1. The summed E-state index contributed by atoms with van der Waals surface area (Å²) in [4.78, 5) is 42.3. The second kappa shape index (κ2) is 7.43. The number of para-hydroxylation sites is 1. The molecule has 0 radical (unpaired) electrons. The van der Waals surface area contributed by atoms with E-state index in [1.807, 2.05) is 54.2 Å². The summed E-state index contributed by atoms with van der Waals surface area (Å²) in [6.45, 7) is 0.644. The number of hydrogen-bond donors (Lipinski definition) is 1. The number of amides is 3. The van der Waals surface area contributed by atoms with Crippen LogP contribution in [-0.4, -0.2) is 33.7 Å². The number of carbonyl (C=O) groups excluding carboxylic acids is 3. The first kappa shape index (κ1) is 19.1. The molecule has 1 N–H and O–H groups in total. The van der Waals surface area contributed by atoms with Gasteiger partial charge in [-0.15, -0.1) is 0 Å². The average Bonchev–Trinajstić information content (AvgIpc) is 3.33. The summed E-state index contributed by atoms with van der Waals surface area (Å²) in [6.07, 6.45) is 1.54. The van der Waals surface area contributed by atoms with Crippen LogP contribution in [0.25, 0.3) is 0 Å². The lowest BCUT2D eigenvalue weighted by atomic mass is 10.0. The van der Waals surface area contributed by atoms with Crippen LogP contribution in [0.15, 0.2) is 66.9 Å². The van der Waals surface area contributed by atoms with Gasteiger partial charge in [-0.1, -0.05) is 30.3 Å². The molecular formula is C24H22N4O3. The minimum Gasteiger partial charge on any atom is -0.353 e. The van der Waals surface area contributed by atoms with Gasteiger partial charge in [0.1, 0.15) is 6.17 Å². The monoisotopic (exact) mass is 414 g/mol. The predicted octanol–water partition coefficient (Wildman–Crippen LogP) is 2.85. The Labute approximate surface area is 179 Å². The van der Waals surface area contributed by atoms with Crippen LogP contribution in [0.2, 0.25) is 0 Å². The molecule has 1 aromatic heterocycles. The molecule has 0 aliphatic carbocycles. The second-order valence-electron chi connectivity index (χ2n) is 7.79. The Morgan fingerprint density at radius 3 is 2.45 bits per heavy atom. The largest absolute Gasteiger partial charge is 0.353 e. The minimum atomic E-state index is -0.535. The molecule has 5 rings (SSSR count). The first-order valence-corrected chi connectivity index (χ1v) is 10.3. The number of aromatic nitrogens is 1. The Bertz CT molecular complexity index is 1200. The van der Waals surface area contributed by atoms with Gasteiger partial charge in [-0.2, -0.15) is 0 Å². The van der Waals surface area contributed by atoms with Crippen LogP contribution in [-0.2, 0) is 18.4 Å². The summed E-state index contributed by atoms with van der Waals surface area (Å²) >= 11 is 0. The number of nitrogens with zero attached hydrogens (tertiary/aromatic N) is 3. The fourth-order valence-corrected chi connectivity index (χ4v) is 4.38. The summed E-state index contributed by atoms with van der Waals surface area (Å²) in [5.41, 5.74) is 3.47. The quantitative estimate of drug-likeness (QED) is 0.698. The highest BCUT2D eigenvalue weighted by atomic mass is 16.2. The molecule has 2 aliphatic heterocycles. The van der Waals surface area contributed by atoms with Crippen LogP contribution in [0.3, 0.4) is 0 Å². The molecule has 3 heterocycles. The fraction of sp³-hybridized carbons (Fsp3) is 0.208. The van der Waals surface area contributed by atoms with E-state index in [9.17, 15) is 14.4 Å². The van der Waals surface area contributed by atoms with Crippen LogP contribution < -0.4 is 10.2 Å². The normalized spacial score (nSPS) is 16.7. The van der Waals surface area contributed by atoms with Gasteiger partial charge < -0.3 is 14.8 Å². The average molecular weight is 414 g/mol. The standard InChI is InChI=1S/C24H22N4O3/c1-26-13-6-7-16(26)15-25-21(29)12-14-27-22-17-8-2-3-9-18(17)24(31)28(22)20-11-5-4-10-19(20)23(27)30/h2-11,13,22H,12,14-15H2,1H3,(H,25,29)/t22-/m1/s1. The molecule has 2 aromatic carbocycles. The van der Waals surface area contributed by atoms with E-state index in [1.54, 1.807) is 34.1 Å². The van der Waals surface area contributed by atoms with Crippen molar-refractivity contribution in [2.45, 2.75) is 19.1 Å². The topological polar surface area (TPSA) is 74.7 Å². The second-order valence-corrected chi connectivity index (χ2v) is 7.79. The van der Waals surface area contributed by atoms with Crippen molar-refractivity contribution in [1.82, 2.24) is 14.8 Å². The Balaban J connectivity index is 1.40. The van der Waals surface area contributed by atoms with E-state index in [0.717, 1.165) is 11.3 Å². The van der Waals surface area contributed by atoms with Gasteiger partial charge in [0.15, 0.2) is 0 Å². The number of aryl methyl sites for hydroxylation is 1. The highest BCUT2D eigenvalue weighted by Gasteiger charge is 2.47. The molecule has 0 unspecified atom stereocenters. The number of rotatable bonds is 5. The maximum atomic E-state index is 13.3. The van der Waals surface area contributed by atoms with Gasteiger partial charge in [0, 0.05) is 43.0 Å². The Kier molecular flexibility index (Phi) is 4.58. The lowest BCUT2D eigenvalue weighted by Gasteiger charge is -2.40. The summed E-state index contributed by atoms with van der Waals surface area (Å²) in [5, 5.41) is 2.91. The maximum absolute atomic E-state index is 13.3. The molecule has 3 amide bonds. The Hall–Kier alpha value is -3.87.